The predicted octanol–water partition coefficient (Wildman–Crippen LogP) is 3.44. The Bertz CT molecular complexity index is 749. The molecule has 1 unspecified atom stereocenters. The molecule has 1 aliphatic rings. The number of halogens is 2. The molecule has 0 bridgehead atoms. The van der Waals surface area contributed by atoms with Crippen LogP contribution in [0.3, 0.4) is 0 Å². The van der Waals surface area contributed by atoms with E-state index in [1.807, 2.05) is 0 Å². The monoisotopic (exact) mass is 406 g/mol. The molecular formula is C21H24ClFN2O3. The first-order valence-electron chi connectivity index (χ1n) is 9.34. The summed E-state index contributed by atoms with van der Waals surface area (Å²) in [5.74, 6) is 0.317. The van der Waals surface area contributed by atoms with Crippen molar-refractivity contribution in [3.8, 4) is 5.75 Å². The molecule has 7 heteroatoms. The van der Waals surface area contributed by atoms with Crippen LogP contribution in [0.2, 0.25) is 5.02 Å². The molecule has 1 aliphatic heterocycles. The van der Waals surface area contributed by atoms with E-state index < -0.39 is 0 Å². The smallest absolute Gasteiger partial charge is 0.223 e. The number of rotatable bonds is 8. The van der Waals surface area contributed by atoms with E-state index in [1.165, 1.54) is 12.1 Å². The van der Waals surface area contributed by atoms with Gasteiger partial charge in [0.1, 0.15) is 11.6 Å². The minimum absolute atomic E-state index is 0.0226. The number of amides is 1. The van der Waals surface area contributed by atoms with Crippen LogP contribution in [-0.2, 0) is 9.53 Å². The number of carbonyl (C=O) groups is 1. The second-order valence-electron chi connectivity index (χ2n) is 6.57. The van der Waals surface area contributed by atoms with Crippen LogP contribution in [0.15, 0.2) is 48.5 Å². The Morgan fingerprint density at radius 1 is 1.14 bits per heavy atom. The Morgan fingerprint density at radius 3 is 2.50 bits per heavy atom. The van der Waals surface area contributed by atoms with Crippen LogP contribution in [0.5, 0.6) is 5.75 Å². The number of nitrogens with zero attached hydrogens (tertiary/aromatic N) is 1. The second kappa shape index (κ2) is 10.4. The Balaban J connectivity index is 1.51. The van der Waals surface area contributed by atoms with Crippen molar-refractivity contribution in [3.63, 3.8) is 0 Å². The maximum Gasteiger partial charge on any atom is 0.223 e. The molecule has 1 N–H and O–H groups in total. The van der Waals surface area contributed by atoms with Gasteiger partial charge in [-0.15, -0.1) is 0 Å². The molecule has 1 heterocycles. The first-order valence-corrected chi connectivity index (χ1v) is 9.72. The minimum atomic E-state index is -0.270. The van der Waals surface area contributed by atoms with Crippen molar-refractivity contribution in [1.82, 2.24) is 10.2 Å². The zero-order valence-corrected chi connectivity index (χ0v) is 16.3. The first kappa shape index (κ1) is 20.6. The van der Waals surface area contributed by atoms with Crippen molar-refractivity contribution >= 4 is 17.5 Å². The first-order chi connectivity index (χ1) is 13.6. The molecular weight excluding hydrogens is 383 g/mol. The lowest BCUT2D eigenvalue weighted by molar-refractivity contribution is -0.121. The van der Waals surface area contributed by atoms with Crippen molar-refractivity contribution in [2.75, 3.05) is 39.5 Å². The fourth-order valence-electron chi connectivity index (χ4n) is 3.12. The largest absolute Gasteiger partial charge is 0.493 e. The van der Waals surface area contributed by atoms with E-state index in [2.05, 4.69) is 10.2 Å². The molecule has 1 amide bonds. The highest BCUT2D eigenvalue weighted by Crippen LogP contribution is 2.22. The van der Waals surface area contributed by atoms with Crippen molar-refractivity contribution in [2.45, 2.75) is 12.5 Å². The summed E-state index contributed by atoms with van der Waals surface area (Å²) in [5.41, 5.74) is 0.973. The number of hydrogen-bond donors (Lipinski definition) is 1. The topological polar surface area (TPSA) is 50.8 Å². The van der Waals surface area contributed by atoms with E-state index in [-0.39, 0.29) is 30.8 Å². The highest BCUT2D eigenvalue weighted by molar-refractivity contribution is 6.30. The second-order valence-corrected chi connectivity index (χ2v) is 7.01. The van der Waals surface area contributed by atoms with Crippen molar-refractivity contribution in [1.29, 1.82) is 0 Å². The van der Waals surface area contributed by atoms with E-state index in [0.717, 1.165) is 18.7 Å². The quantitative estimate of drug-likeness (QED) is 0.729. The third-order valence-corrected chi connectivity index (χ3v) is 4.90. The number of hydrogen-bond acceptors (Lipinski definition) is 4. The van der Waals surface area contributed by atoms with Gasteiger partial charge in [0.2, 0.25) is 5.91 Å². The van der Waals surface area contributed by atoms with Gasteiger partial charge in [-0.3, -0.25) is 9.69 Å². The van der Waals surface area contributed by atoms with Gasteiger partial charge in [0, 0.05) is 24.7 Å². The molecule has 3 rings (SSSR count). The summed E-state index contributed by atoms with van der Waals surface area (Å²) in [4.78, 5) is 14.5. The third-order valence-electron chi connectivity index (χ3n) is 4.65. The summed E-state index contributed by atoms with van der Waals surface area (Å²) in [5, 5.41) is 3.61. The Morgan fingerprint density at radius 2 is 1.82 bits per heavy atom. The van der Waals surface area contributed by atoms with Crippen molar-refractivity contribution < 1.29 is 18.7 Å². The van der Waals surface area contributed by atoms with Gasteiger partial charge >= 0.3 is 0 Å². The fourth-order valence-corrected chi connectivity index (χ4v) is 3.25. The molecule has 1 saturated heterocycles. The normalized spacial score (nSPS) is 15.8. The van der Waals surface area contributed by atoms with Crippen LogP contribution < -0.4 is 10.1 Å². The van der Waals surface area contributed by atoms with E-state index in [9.17, 15) is 9.18 Å². The summed E-state index contributed by atoms with van der Waals surface area (Å²) >= 11 is 5.84. The molecule has 0 aromatic heterocycles. The Labute approximate surface area is 169 Å². The average Bonchev–Trinajstić information content (AvgIpc) is 2.72. The molecule has 0 spiro atoms. The standard InChI is InChI=1S/C21H24ClFN2O3/c22-17-3-7-19(8-4-17)28-12-9-21(26)24-15-20(25-10-13-27-14-11-25)16-1-5-18(23)6-2-16/h1-8,20H,9-15H2,(H,24,26). The van der Waals surface area contributed by atoms with Crippen LogP contribution in [0, 0.1) is 5.82 Å². The number of ether oxygens (including phenoxy) is 2. The summed E-state index contributed by atoms with van der Waals surface area (Å²) in [6.45, 7) is 3.59. The van der Waals surface area contributed by atoms with Crippen LogP contribution in [0.1, 0.15) is 18.0 Å². The molecule has 150 valence electrons. The summed E-state index contributed by atoms with van der Waals surface area (Å²) in [7, 11) is 0. The van der Waals surface area contributed by atoms with Gasteiger partial charge < -0.3 is 14.8 Å². The van der Waals surface area contributed by atoms with Gasteiger partial charge in [0.15, 0.2) is 0 Å². The average molecular weight is 407 g/mol. The van der Waals surface area contributed by atoms with Crippen molar-refractivity contribution in [2.24, 2.45) is 0 Å². The SMILES string of the molecule is O=C(CCOc1ccc(Cl)cc1)NCC(c1ccc(F)cc1)N1CCOCC1. The van der Waals surface area contributed by atoms with Crippen LogP contribution in [-0.4, -0.2) is 50.3 Å². The fraction of sp³-hybridized carbons (Fsp3) is 0.381. The van der Waals surface area contributed by atoms with Gasteiger partial charge in [-0.1, -0.05) is 23.7 Å². The summed E-state index contributed by atoms with van der Waals surface area (Å²) in [6.07, 6.45) is 0.252. The molecule has 2 aromatic rings. The zero-order chi connectivity index (χ0) is 19.8. The number of morpholine rings is 1. The van der Waals surface area contributed by atoms with Gasteiger partial charge in [-0.25, -0.2) is 4.39 Å². The van der Waals surface area contributed by atoms with Crippen LogP contribution in [0.4, 0.5) is 4.39 Å². The Hall–Kier alpha value is -2.15. The molecule has 2 aromatic carbocycles. The van der Waals surface area contributed by atoms with Gasteiger partial charge in [0.05, 0.1) is 32.3 Å². The van der Waals surface area contributed by atoms with Crippen LogP contribution >= 0.6 is 11.6 Å². The lowest BCUT2D eigenvalue weighted by Crippen LogP contribution is -2.44. The Kier molecular flexibility index (Phi) is 7.65. The van der Waals surface area contributed by atoms with Gasteiger partial charge in [0.25, 0.3) is 0 Å². The van der Waals surface area contributed by atoms with E-state index in [0.29, 0.717) is 30.5 Å². The summed E-state index contributed by atoms with van der Waals surface area (Å²) in [6, 6.07) is 13.4. The van der Waals surface area contributed by atoms with Gasteiger partial charge in [-0.2, -0.15) is 0 Å². The molecule has 1 atom stereocenters. The highest BCUT2D eigenvalue weighted by atomic mass is 35.5. The van der Waals surface area contributed by atoms with Crippen molar-refractivity contribution in [3.05, 3.63) is 64.9 Å². The van der Waals surface area contributed by atoms with Gasteiger partial charge in [-0.05, 0) is 42.0 Å². The molecule has 0 aliphatic carbocycles. The highest BCUT2D eigenvalue weighted by Gasteiger charge is 2.23. The van der Waals surface area contributed by atoms with E-state index in [4.69, 9.17) is 21.1 Å². The minimum Gasteiger partial charge on any atom is -0.493 e. The van der Waals surface area contributed by atoms with E-state index in [1.54, 1.807) is 36.4 Å². The zero-order valence-electron chi connectivity index (χ0n) is 15.6. The lowest BCUT2D eigenvalue weighted by Gasteiger charge is -2.35. The number of carbonyl (C=O) groups excluding carboxylic acids is 1. The molecule has 0 saturated carbocycles. The summed E-state index contributed by atoms with van der Waals surface area (Å²) < 4.78 is 24.3. The third kappa shape index (κ3) is 6.19. The number of benzene rings is 2. The lowest BCUT2D eigenvalue weighted by atomic mass is 10.0. The predicted molar refractivity (Wildman–Crippen MR) is 106 cm³/mol. The van der Waals surface area contributed by atoms with Crippen LogP contribution in [0.25, 0.3) is 0 Å². The molecule has 5 nitrogen and oxygen atoms in total. The molecule has 28 heavy (non-hydrogen) atoms. The maximum absolute atomic E-state index is 13.3. The maximum atomic E-state index is 13.3. The van der Waals surface area contributed by atoms with E-state index >= 15 is 0 Å². The number of nitrogens with one attached hydrogen (secondary N) is 1. The molecule has 0 radical (unpaired) electrons. The molecule has 1 fully saturated rings.